The lowest BCUT2D eigenvalue weighted by atomic mass is 10.1. The summed E-state index contributed by atoms with van der Waals surface area (Å²) < 4.78 is 0. The number of rotatable bonds is 2. The van der Waals surface area contributed by atoms with Gasteiger partial charge in [0.15, 0.2) is 0 Å². The zero-order valence-electron chi connectivity index (χ0n) is 10.8. The molecular formula is C14H19N3O. The first kappa shape index (κ1) is 11.5. The lowest BCUT2D eigenvalue weighted by Crippen LogP contribution is -2.43. The van der Waals surface area contributed by atoms with Gasteiger partial charge in [-0.2, -0.15) is 0 Å². The van der Waals surface area contributed by atoms with Gasteiger partial charge in [0.05, 0.1) is 0 Å². The van der Waals surface area contributed by atoms with Crippen LogP contribution >= 0.6 is 0 Å². The molecule has 2 aliphatic rings. The molecule has 1 atom stereocenters. The molecule has 0 bridgehead atoms. The van der Waals surface area contributed by atoms with Crippen molar-refractivity contribution < 1.29 is 4.79 Å². The van der Waals surface area contributed by atoms with Crippen LogP contribution in [-0.2, 0) is 17.6 Å². The molecule has 1 aliphatic heterocycles. The van der Waals surface area contributed by atoms with Crippen LogP contribution < -0.4 is 5.32 Å². The second-order valence-electron chi connectivity index (χ2n) is 5.31. The predicted molar refractivity (Wildman–Crippen MR) is 70.5 cm³/mol. The summed E-state index contributed by atoms with van der Waals surface area (Å²) in [5, 5.41) is 3.46. The third-order valence-corrected chi connectivity index (χ3v) is 3.91. The summed E-state index contributed by atoms with van der Waals surface area (Å²) in [6, 6.07) is 4.59. The van der Waals surface area contributed by atoms with Crippen molar-refractivity contribution in [3.8, 4) is 0 Å². The van der Waals surface area contributed by atoms with Gasteiger partial charge in [-0.25, -0.2) is 4.98 Å². The van der Waals surface area contributed by atoms with Crippen LogP contribution in [0.25, 0.3) is 0 Å². The van der Waals surface area contributed by atoms with Crippen molar-refractivity contribution in [1.29, 1.82) is 0 Å². The van der Waals surface area contributed by atoms with Gasteiger partial charge in [-0.1, -0.05) is 6.07 Å². The van der Waals surface area contributed by atoms with E-state index in [0.29, 0.717) is 12.5 Å². The van der Waals surface area contributed by atoms with Crippen molar-refractivity contribution >= 4 is 11.7 Å². The van der Waals surface area contributed by atoms with Crippen LogP contribution in [0.15, 0.2) is 12.1 Å². The average molecular weight is 245 g/mol. The summed E-state index contributed by atoms with van der Waals surface area (Å²) in [7, 11) is 1.87. The molecule has 96 valence electrons. The number of hydrogen-bond donors (Lipinski definition) is 1. The molecule has 1 N–H and O–H groups in total. The number of likely N-dealkylation sites (tertiary alicyclic amines) is 1. The zero-order valence-corrected chi connectivity index (χ0v) is 10.8. The van der Waals surface area contributed by atoms with Gasteiger partial charge in [-0.15, -0.1) is 0 Å². The molecule has 18 heavy (non-hydrogen) atoms. The van der Waals surface area contributed by atoms with Crippen LogP contribution in [-0.4, -0.2) is 35.4 Å². The van der Waals surface area contributed by atoms with Crippen molar-refractivity contribution in [2.75, 3.05) is 18.9 Å². The smallest absolute Gasteiger partial charge is 0.222 e. The van der Waals surface area contributed by atoms with E-state index in [1.54, 1.807) is 4.90 Å². The van der Waals surface area contributed by atoms with E-state index in [1.165, 1.54) is 24.1 Å². The minimum atomic E-state index is 0.245. The highest BCUT2D eigenvalue weighted by molar-refractivity contribution is 5.77. The largest absolute Gasteiger partial charge is 0.366 e. The van der Waals surface area contributed by atoms with Gasteiger partial charge < -0.3 is 10.2 Å². The number of amides is 1. The van der Waals surface area contributed by atoms with Crippen LogP contribution in [0.2, 0.25) is 0 Å². The molecule has 1 saturated heterocycles. The third-order valence-electron chi connectivity index (χ3n) is 3.91. The van der Waals surface area contributed by atoms with Crippen LogP contribution in [0.4, 0.5) is 5.82 Å². The second-order valence-corrected chi connectivity index (χ2v) is 5.31. The minimum Gasteiger partial charge on any atom is -0.366 e. The molecule has 1 aliphatic carbocycles. The highest BCUT2D eigenvalue weighted by Crippen LogP contribution is 2.22. The summed E-state index contributed by atoms with van der Waals surface area (Å²) in [6.45, 7) is 0.775. The van der Waals surface area contributed by atoms with Crippen LogP contribution in [0.3, 0.4) is 0 Å². The maximum atomic E-state index is 11.4. The van der Waals surface area contributed by atoms with Gasteiger partial charge in [0, 0.05) is 31.7 Å². The number of anilines is 1. The average Bonchev–Trinajstić information content (AvgIpc) is 2.81. The molecule has 0 saturated carbocycles. The number of aryl methyl sites for hydroxylation is 2. The molecule has 0 aromatic carbocycles. The Kier molecular flexibility index (Phi) is 2.94. The van der Waals surface area contributed by atoms with E-state index in [2.05, 4.69) is 22.4 Å². The number of nitrogens with one attached hydrogen (secondary N) is 1. The van der Waals surface area contributed by atoms with Gasteiger partial charge in [0.1, 0.15) is 5.82 Å². The van der Waals surface area contributed by atoms with Crippen molar-refractivity contribution in [1.82, 2.24) is 9.88 Å². The Labute approximate surface area is 107 Å². The topological polar surface area (TPSA) is 45.2 Å². The molecule has 1 amide bonds. The SMILES string of the molecule is CN1CC(Nc2ccc3c(n2)CCC3)CCC1=O. The molecule has 1 aromatic heterocycles. The Hall–Kier alpha value is -1.58. The first-order chi connectivity index (χ1) is 8.72. The lowest BCUT2D eigenvalue weighted by molar-refractivity contribution is -0.132. The Morgan fingerprint density at radius 2 is 2.22 bits per heavy atom. The summed E-state index contributed by atoms with van der Waals surface area (Å²) in [6.07, 6.45) is 5.05. The molecular weight excluding hydrogens is 226 g/mol. The Morgan fingerprint density at radius 1 is 1.33 bits per heavy atom. The molecule has 2 heterocycles. The van der Waals surface area contributed by atoms with E-state index in [0.717, 1.165) is 25.2 Å². The van der Waals surface area contributed by atoms with Gasteiger partial charge >= 0.3 is 0 Å². The van der Waals surface area contributed by atoms with E-state index < -0.39 is 0 Å². The van der Waals surface area contributed by atoms with E-state index in [1.807, 2.05) is 7.05 Å². The predicted octanol–water partition coefficient (Wildman–Crippen LogP) is 1.60. The Morgan fingerprint density at radius 3 is 3.06 bits per heavy atom. The van der Waals surface area contributed by atoms with Gasteiger partial charge in [0.25, 0.3) is 0 Å². The summed E-state index contributed by atoms with van der Waals surface area (Å²) in [5.41, 5.74) is 2.65. The molecule has 0 spiro atoms. The number of piperidine rings is 1. The highest BCUT2D eigenvalue weighted by Gasteiger charge is 2.23. The molecule has 4 nitrogen and oxygen atoms in total. The summed E-state index contributed by atoms with van der Waals surface area (Å²) in [5.74, 6) is 1.21. The van der Waals surface area contributed by atoms with E-state index in [-0.39, 0.29) is 5.91 Å². The van der Waals surface area contributed by atoms with Gasteiger partial charge in [-0.05, 0) is 37.3 Å². The van der Waals surface area contributed by atoms with Crippen molar-refractivity contribution in [2.24, 2.45) is 0 Å². The Balaban J connectivity index is 1.68. The summed E-state index contributed by atoms with van der Waals surface area (Å²) >= 11 is 0. The lowest BCUT2D eigenvalue weighted by Gasteiger charge is -2.30. The standard InChI is InChI=1S/C14H19N3O/c1-17-9-11(6-8-14(17)18)15-13-7-5-10-3-2-4-12(10)16-13/h5,7,11H,2-4,6,8-9H2,1H3,(H,15,16). The first-order valence-corrected chi connectivity index (χ1v) is 6.71. The molecule has 3 rings (SSSR count). The first-order valence-electron chi connectivity index (χ1n) is 6.71. The van der Waals surface area contributed by atoms with Crippen LogP contribution in [0, 0.1) is 0 Å². The molecule has 0 radical (unpaired) electrons. The number of nitrogens with zero attached hydrogens (tertiary/aromatic N) is 2. The fourth-order valence-electron chi connectivity index (χ4n) is 2.84. The summed E-state index contributed by atoms with van der Waals surface area (Å²) in [4.78, 5) is 17.9. The minimum absolute atomic E-state index is 0.245. The van der Waals surface area contributed by atoms with E-state index in [9.17, 15) is 4.79 Å². The monoisotopic (exact) mass is 245 g/mol. The van der Waals surface area contributed by atoms with Crippen molar-refractivity contribution in [2.45, 2.75) is 38.1 Å². The molecule has 4 heteroatoms. The van der Waals surface area contributed by atoms with Crippen molar-refractivity contribution in [3.63, 3.8) is 0 Å². The van der Waals surface area contributed by atoms with Crippen LogP contribution in [0.1, 0.15) is 30.5 Å². The highest BCUT2D eigenvalue weighted by atomic mass is 16.2. The number of likely N-dealkylation sites (N-methyl/N-ethyl adjacent to an activating group) is 1. The second kappa shape index (κ2) is 4.59. The Bertz CT molecular complexity index is 472. The van der Waals surface area contributed by atoms with E-state index >= 15 is 0 Å². The van der Waals surface area contributed by atoms with Gasteiger partial charge in [0.2, 0.25) is 5.91 Å². The maximum absolute atomic E-state index is 11.4. The fourth-order valence-corrected chi connectivity index (χ4v) is 2.84. The van der Waals surface area contributed by atoms with Crippen LogP contribution in [0.5, 0.6) is 0 Å². The number of carbonyl (C=O) groups is 1. The fraction of sp³-hybridized carbons (Fsp3) is 0.571. The molecule has 1 unspecified atom stereocenters. The normalized spacial score (nSPS) is 23.1. The van der Waals surface area contributed by atoms with Crippen molar-refractivity contribution in [3.05, 3.63) is 23.4 Å². The zero-order chi connectivity index (χ0) is 12.5. The van der Waals surface area contributed by atoms with E-state index in [4.69, 9.17) is 0 Å². The number of carbonyl (C=O) groups excluding carboxylic acids is 1. The number of fused-ring (bicyclic) bond motifs is 1. The number of pyridine rings is 1. The number of aromatic nitrogens is 1. The quantitative estimate of drug-likeness (QED) is 0.861. The molecule has 1 aromatic rings. The third kappa shape index (κ3) is 2.19. The molecule has 1 fully saturated rings. The number of hydrogen-bond acceptors (Lipinski definition) is 3. The van der Waals surface area contributed by atoms with Gasteiger partial charge in [-0.3, -0.25) is 4.79 Å². The maximum Gasteiger partial charge on any atom is 0.222 e.